The van der Waals surface area contributed by atoms with Crippen LogP contribution < -0.4 is 10.2 Å². The van der Waals surface area contributed by atoms with E-state index < -0.39 is 35.1 Å². The molecule has 4 nitrogen and oxygen atoms in total. The highest BCUT2D eigenvalue weighted by Gasteiger charge is 2.35. The molecule has 0 radical (unpaired) electrons. The average Bonchev–Trinajstić information content (AvgIpc) is 2.89. The maximum absolute atomic E-state index is 13.9. The molecular formula is C17H12F3N3O. The van der Waals surface area contributed by atoms with Crippen molar-refractivity contribution in [1.82, 2.24) is 0 Å². The number of anilines is 2. The second-order valence-corrected chi connectivity index (χ2v) is 5.32. The van der Waals surface area contributed by atoms with E-state index in [2.05, 4.69) is 5.32 Å². The summed E-state index contributed by atoms with van der Waals surface area (Å²) >= 11 is 0. The van der Waals surface area contributed by atoms with Crippen LogP contribution in [0.1, 0.15) is 12.0 Å². The van der Waals surface area contributed by atoms with Gasteiger partial charge in [0, 0.05) is 6.54 Å². The predicted octanol–water partition coefficient (Wildman–Crippen LogP) is 3.19. The Morgan fingerprint density at radius 1 is 1.08 bits per heavy atom. The highest BCUT2D eigenvalue weighted by molar-refractivity contribution is 6.01. The van der Waals surface area contributed by atoms with Crippen LogP contribution in [0.15, 0.2) is 36.4 Å². The molecule has 1 aliphatic rings. The normalized spacial score (nSPS) is 17.0. The number of nitrogens with zero attached hydrogens (tertiary/aromatic N) is 2. The van der Waals surface area contributed by atoms with E-state index in [1.54, 1.807) is 6.07 Å². The Kier molecular flexibility index (Phi) is 4.13. The van der Waals surface area contributed by atoms with E-state index in [0.29, 0.717) is 0 Å². The number of para-hydroxylation sites is 1. The van der Waals surface area contributed by atoms with Crippen molar-refractivity contribution >= 4 is 17.3 Å². The third-order valence-corrected chi connectivity index (χ3v) is 3.87. The molecule has 1 unspecified atom stereocenters. The zero-order chi connectivity index (χ0) is 17.3. The molecule has 2 aromatic carbocycles. The predicted molar refractivity (Wildman–Crippen MR) is 81.9 cm³/mol. The molecule has 1 aliphatic heterocycles. The monoisotopic (exact) mass is 331 g/mol. The summed E-state index contributed by atoms with van der Waals surface area (Å²) < 4.78 is 41.3. The highest BCUT2D eigenvalue weighted by atomic mass is 19.1. The van der Waals surface area contributed by atoms with Crippen molar-refractivity contribution in [2.24, 2.45) is 0 Å². The fraction of sp³-hybridized carbons (Fsp3) is 0.176. The fourth-order valence-corrected chi connectivity index (χ4v) is 2.73. The van der Waals surface area contributed by atoms with Gasteiger partial charge in [0.15, 0.2) is 0 Å². The fourth-order valence-electron chi connectivity index (χ4n) is 2.73. The summed E-state index contributed by atoms with van der Waals surface area (Å²) in [5, 5.41) is 11.8. The second-order valence-electron chi connectivity index (χ2n) is 5.32. The van der Waals surface area contributed by atoms with Crippen LogP contribution in [0, 0.1) is 28.8 Å². The third kappa shape index (κ3) is 2.67. The summed E-state index contributed by atoms with van der Waals surface area (Å²) in [5.41, 5.74) is -0.431. The Labute approximate surface area is 136 Å². The van der Waals surface area contributed by atoms with E-state index in [1.807, 2.05) is 0 Å². The summed E-state index contributed by atoms with van der Waals surface area (Å²) in [6, 6.07) is 8.33. The van der Waals surface area contributed by atoms with Gasteiger partial charge >= 0.3 is 0 Å². The van der Waals surface area contributed by atoms with Gasteiger partial charge in [-0.3, -0.25) is 4.79 Å². The zero-order valence-corrected chi connectivity index (χ0v) is 12.4. The van der Waals surface area contributed by atoms with E-state index in [-0.39, 0.29) is 24.2 Å². The molecule has 0 bridgehead atoms. The summed E-state index contributed by atoms with van der Waals surface area (Å²) in [6.07, 6.45) is 0.272. The molecule has 1 atom stereocenters. The van der Waals surface area contributed by atoms with Gasteiger partial charge in [-0.25, -0.2) is 13.2 Å². The van der Waals surface area contributed by atoms with Crippen molar-refractivity contribution in [2.75, 3.05) is 16.8 Å². The first kappa shape index (κ1) is 15.9. The molecule has 3 rings (SSSR count). The highest BCUT2D eigenvalue weighted by Crippen LogP contribution is 2.29. The number of rotatable bonds is 3. The van der Waals surface area contributed by atoms with Crippen molar-refractivity contribution in [2.45, 2.75) is 12.5 Å². The Morgan fingerprint density at radius 3 is 2.38 bits per heavy atom. The minimum Gasteiger partial charge on any atom is -0.372 e. The number of nitriles is 1. The van der Waals surface area contributed by atoms with Gasteiger partial charge in [-0.1, -0.05) is 12.1 Å². The molecule has 1 N–H and O–H groups in total. The van der Waals surface area contributed by atoms with Gasteiger partial charge in [-0.05, 0) is 30.7 Å². The van der Waals surface area contributed by atoms with E-state index >= 15 is 0 Å². The summed E-state index contributed by atoms with van der Waals surface area (Å²) in [7, 11) is 0. The average molecular weight is 331 g/mol. The zero-order valence-electron chi connectivity index (χ0n) is 12.4. The lowest BCUT2D eigenvalue weighted by atomic mass is 10.1. The largest absolute Gasteiger partial charge is 0.372 e. The van der Waals surface area contributed by atoms with Gasteiger partial charge < -0.3 is 10.2 Å². The number of nitrogens with one attached hydrogen (secondary N) is 1. The van der Waals surface area contributed by atoms with Gasteiger partial charge in [-0.15, -0.1) is 0 Å². The third-order valence-electron chi connectivity index (χ3n) is 3.87. The topological polar surface area (TPSA) is 56.1 Å². The Morgan fingerprint density at radius 2 is 1.71 bits per heavy atom. The van der Waals surface area contributed by atoms with E-state index in [0.717, 1.165) is 23.1 Å². The Balaban J connectivity index is 1.86. The number of halogens is 3. The number of hydrogen-bond acceptors (Lipinski definition) is 3. The van der Waals surface area contributed by atoms with Gasteiger partial charge in [0.25, 0.3) is 0 Å². The van der Waals surface area contributed by atoms with Crippen LogP contribution in [-0.2, 0) is 4.79 Å². The Bertz CT molecular complexity index is 827. The molecule has 2 aromatic rings. The lowest BCUT2D eigenvalue weighted by Crippen LogP contribution is -2.34. The summed E-state index contributed by atoms with van der Waals surface area (Å²) in [5.74, 6) is -2.89. The van der Waals surface area contributed by atoms with E-state index in [4.69, 9.17) is 5.26 Å². The minimum absolute atomic E-state index is 0.117. The number of carbonyl (C=O) groups excluding carboxylic acids is 1. The minimum atomic E-state index is -0.826. The van der Waals surface area contributed by atoms with Crippen LogP contribution in [0.4, 0.5) is 24.5 Å². The van der Waals surface area contributed by atoms with Crippen LogP contribution in [-0.4, -0.2) is 18.5 Å². The molecule has 122 valence electrons. The van der Waals surface area contributed by atoms with Crippen molar-refractivity contribution < 1.29 is 18.0 Å². The van der Waals surface area contributed by atoms with Gasteiger partial charge in [-0.2, -0.15) is 5.26 Å². The Hall–Kier alpha value is -3.01. The second kappa shape index (κ2) is 6.24. The first-order valence-electron chi connectivity index (χ1n) is 7.23. The van der Waals surface area contributed by atoms with E-state index in [1.165, 1.54) is 18.2 Å². The molecule has 1 fully saturated rings. The molecule has 0 aromatic heterocycles. The van der Waals surface area contributed by atoms with Gasteiger partial charge in [0.1, 0.15) is 40.8 Å². The smallest absolute Gasteiger partial charge is 0.249 e. The number of carbonyl (C=O) groups is 1. The molecule has 0 spiro atoms. The summed E-state index contributed by atoms with van der Waals surface area (Å²) in [6.45, 7) is 0.117. The van der Waals surface area contributed by atoms with Crippen molar-refractivity contribution in [1.29, 1.82) is 5.26 Å². The molecule has 0 saturated carbocycles. The molecule has 1 saturated heterocycles. The molecule has 24 heavy (non-hydrogen) atoms. The quantitative estimate of drug-likeness (QED) is 0.940. The van der Waals surface area contributed by atoms with Gasteiger partial charge in [0.2, 0.25) is 5.91 Å². The molecule has 7 heteroatoms. The van der Waals surface area contributed by atoms with E-state index in [9.17, 15) is 18.0 Å². The molecular weight excluding hydrogens is 319 g/mol. The first-order valence-corrected chi connectivity index (χ1v) is 7.23. The van der Waals surface area contributed by atoms with Crippen LogP contribution in [0.2, 0.25) is 0 Å². The van der Waals surface area contributed by atoms with Crippen LogP contribution in [0.25, 0.3) is 0 Å². The number of hydrogen-bond donors (Lipinski definition) is 1. The lowest BCUT2D eigenvalue weighted by molar-refractivity contribution is -0.117. The molecule has 0 aliphatic carbocycles. The first-order chi connectivity index (χ1) is 11.5. The number of benzene rings is 2. The maximum atomic E-state index is 13.9. The van der Waals surface area contributed by atoms with Crippen molar-refractivity contribution in [3.8, 4) is 6.07 Å². The maximum Gasteiger partial charge on any atom is 0.249 e. The van der Waals surface area contributed by atoms with Gasteiger partial charge in [0.05, 0.1) is 5.69 Å². The number of amides is 1. The summed E-state index contributed by atoms with van der Waals surface area (Å²) in [4.78, 5) is 13.5. The van der Waals surface area contributed by atoms with Crippen molar-refractivity contribution in [3.63, 3.8) is 0 Å². The molecule has 1 heterocycles. The van der Waals surface area contributed by atoms with Crippen LogP contribution >= 0.6 is 0 Å². The SMILES string of the molecule is N#Cc1c(F)cccc1NC1CCN(c2c(F)cccc2F)C1=O. The molecule has 1 amide bonds. The van der Waals surface area contributed by atoms with Crippen LogP contribution in [0.5, 0.6) is 0 Å². The standard InChI is InChI=1S/C17H12F3N3O/c18-11-3-2-6-14(10(11)9-21)22-15-7-8-23(17(15)24)16-12(19)4-1-5-13(16)20/h1-6,15,22H,7-8H2. The lowest BCUT2D eigenvalue weighted by Gasteiger charge is -2.19. The van der Waals surface area contributed by atoms with Crippen LogP contribution in [0.3, 0.4) is 0 Å². The van der Waals surface area contributed by atoms with Crippen molar-refractivity contribution in [3.05, 3.63) is 59.4 Å².